The summed E-state index contributed by atoms with van der Waals surface area (Å²) >= 11 is 4.84. The van der Waals surface area contributed by atoms with E-state index >= 15 is 0 Å². The second kappa shape index (κ2) is 4.62. The van der Waals surface area contributed by atoms with Crippen LogP contribution in [0.4, 0.5) is 0 Å². The molecule has 98 valence electrons. The fourth-order valence-corrected chi connectivity index (χ4v) is 2.59. The highest BCUT2D eigenvalue weighted by atomic mass is 32.1. The fourth-order valence-electron chi connectivity index (χ4n) is 2.44. The summed E-state index contributed by atoms with van der Waals surface area (Å²) < 4.78 is 10.5. The van der Waals surface area contributed by atoms with Gasteiger partial charge in [-0.25, -0.2) is 5.10 Å². The summed E-state index contributed by atoms with van der Waals surface area (Å²) in [5.41, 5.74) is 1.76. The summed E-state index contributed by atoms with van der Waals surface area (Å²) in [6.45, 7) is 0. The molecule has 0 aliphatic heterocycles. The van der Waals surface area contributed by atoms with Crippen molar-refractivity contribution in [2.75, 3.05) is 7.11 Å². The van der Waals surface area contributed by atoms with Gasteiger partial charge in [0, 0.05) is 24.3 Å². The standard InChI is InChI=1S/C13H12N2O3S/c1-17-8-2-3-9-10(6-8)7(4-11(9)16)5-12-14-15-13(19)18-12/h2-3,6-7H,4-5H2,1H3,(H,15,19). The first-order valence-corrected chi connectivity index (χ1v) is 6.33. The Labute approximate surface area is 114 Å². The van der Waals surface area contributed by atoms with E-state index in [1.54, 1.807) is 13.2 Å². The Hall–Kier alpha value is -1.95. The van der Waals surface area contributed by atoms with E-state index in [0.717, 1.165) is 16.9 Å². The molecule has 5 nitrogen and oxygen atoms in total. The highest BCUT2D eigenvalue weighted by molar-refractivity contribution is 7.71. The Morgan fingerprint density at radius 2 is 2.42 bits per heavy atom. The Kier molecular flexibility index (Phi) is 2.94. The maximum atomic E-state index is 12.0. The van der Waals surface area contributed by atoms with Crippen molar-refractivity contribution >= 4 is 18.0 Å². The van der Waals surface area contributed by atoms with Crippen molar-refractivity contribution in [3.63, 3.8) is 0 Å². The van der Waals surface area contributed by atoms with Gasteiger partial charge in [0.05, 0.1) is 7.11 Å². The van der Waals surface area contributed by atoms with Crippen LogP contribution in [0.5, 0.6) is 5.75 Å². The predicted molar refractivity (Wildman–Crippen MR) is 70.1 cm³/mol. The molecule has 0 saturated heterocycles. The van der Waals surface area contributed by atoms with Crippen molar-refractivity contribution in [2.24, 2.45) is 0 Å². The minimum absolute atomic E-state index is 0.0686. The van der Waals surface area contributed by atoms with E-state index in [1.807, 2.05) is 12.1 Å². The molecule has 1 aromatic carbocycles. The van der Waals surface area contributed by atoms with Crippen molar-refractivity contribution in [1.82, 2.24) is 10.2 Å². The van der Waals surface area contributed by atoms with Crippen LogP contribution in [0.1, 0.15) is 34.2 Å². The fraction of sp³-hybridized carbons (Fsp3) is 0.308. The molecule has 1 aliphatic carbocycles. The molecule has 1 aliphatic rings. The van der Waals surface area contributed by atoms with Gasteiger partial charge in [0.25, 0.3) is 4.84 Å². The number of carbonyl (C=O) groups is 1. The van der Waals surface area contributed by atoms with Crippen LogP contribution in [0.2, 0.25) is 0 Å². The smallest absolute Gasteiger partial charge is 0.284 e. The number of aromatic amines is 1. The molecule has 0 saturated carbocycles. The number of ether oxygens (including phenoxy) is 1. The molecule has 0 bridgehead atoms. The first-order valence-electron chi connectivity index (χ1n) is 5.93. The average Bonchev–Trinajstić information content (AvgIpc) is 2.95. The van der Waals surface area contributed by atoms with Crippen LogP contribution in [0.25, 0.3) is 0 Å². The quantitative estimate of drug-likeness (QED) is 0.873. The second-order valence-corrected chi connectivity index (χ2v) is 4.86. The van der Waals surface area contributed by atoms with Gasteiger partial charge in [-0.15, -0.1) is 5.10 Å². The molecule has 0 amide bonds. The Morgan fingerprint density at radius 3 is 3.11 bits per heavy atom. The number of H-pyrrole nitrogens is 1. The SMILES string of the molecule is COc1ccc2c(c1)C(Cc1n[nH]c(=S)o1)CC2=O. The highest BCUT2D eigenvalue weighted by Gasteiger charge is 2.30. The van der Waals surface area contributed by atoms with E-state index in [0.29, 0.717) is 18.7 Å². The van der Waals surface area contributed by atoms with Crippen LogP contribution in [0, 0.1) is 4.84 Å². The van der Waals surface area contributed by atoms with Gasteiger partial charge in [-0.2, -0.15) is 0 Å². The summed E-state index contributed by atoms with van der Waals surface area (Å²) in [4.78, 5) is 12.2. The normalized spacial score (nSPS) is 17.5. The van der Waals surface area contributed by atoms with Gasteiger partial charge >= 0.3 is 0 Å². The molecule has 6 heteroatoms. The third kappa shape index (κ3) is 2.19. The van der Waals surface area contributed by atoms with Crippen LogP contribution in [0.15, 0.2) is 22.6 Å². The monoisotopic (exact) mass is 276 g/mol. The first-order chi connectivity index (χ1) is 9.17. The molecule has 1 unspecified atom stereocenters. The lowest BCUT2D eigenvalue weighted by molar-refractivity contribution is 0.0988. The number of nitrogens with one attached hydrogen (secondary N) is 1. The van der Waals surface area contributed by atoms with E-state index in [1.165, 1.54) is 0 Å². The molecular formula is C13H12N2O3S. The van der Waals surface area contributed by atoms with E-state index in [9.17, 15) is 4.79 Å². The van der Waals surface area contributed by atoms with Crippen molar-refractivity contribution in [2.45, 2.75) is 18.8 Å². The van der Waals surface area contributed by atoms with Gasteiger partial charge in [0.1, 0.15) is 5.75 Å². The molecular weight excluding hydrogens is 264 g/mol. The zero-order valence-corrected chi connectivity index (χ0v) is 11.1. The molecule has 0 radical (unpaired) electrons. The number of carbonyl (C=O) groups excluding carboxylic acids is 1. The third-order valence-electron chi connectivity index (χ3n) is 3.33. The number of nitrogens with zero attached hydrogens (tertiary/aromatic N) is 1. The number of hydrogen-bond donors (Lipinski definition) is 1. The Bertz CT molecular complexity index is 689. The van der Waals surface area contributed by atoms with Gasteiger partial charge < -0.3 is 9.15 Å². The summed E-state index contributed by atoms with van der Waals surface area (Å²) in [6, 6.07) is 5.53. The summed E-state index contributed by atoms with van der Waals surface area (Å²) in [7, 11) is 1.61. The lowest BCUT2D eigenvalue weighted by atomic mass is 9.97. The lowest BCUT2D eigenvalue weighted by Crippen LogP contribution is -2.00. The van der Waals surface area contributed by atoms with Crippen molar-refractivity contribution in [3.8, 4) is 5.75 Å². The largest absolute Gasteiger partial charge is 0.497 e. The number of rotatable bonds is 3. The maximum Gasteiger partial charge on any atom is 0.284 e. The Morgan fingerprint density at radius 1 is 1.58 bits per heavy atom. The van der Waals surface area contributed by atoms with E-state index < -0.39 is 0 Å². The van der Waals surface area contributed by atoms with Gasteiger partial charge in [0.2, 0.25) is 5.89 Å². The summed E-state index contributed by atoms with van der Waals surface area (Å²) in [6.07, 6.45) is 1.02. The number of aromatic nitrogens is 2. The number of fused-ring (bicyclic) bond motifs is 1. The molecule has 1 aromatic heterocycles. The van der Waals surface area contributed by atoms with Gasteiger partial charge in [-0.05, 0) is 36.0 Å². The van der Waals surface area contributed by atoms with E-state index in [2.05, 4.69) is 10.2 Å². The van der Waals surface area contributed by atoms with Gasteiger partial charge in [-0.1, -0.05) is 0 Å². The lowest BCUT2D eigenvalue weighted by Gasteiger charge is -2.09. The molecule has 2 aromatic rings. The van der Waals surface area contributed by atoms with Crippen molar-refractivity contribution in [1.29, 1.82) is 0 Å². The topological polar surface area (TPSA) is 68.1 Å². The molecule has 0 fully saturated rings. The predicted octanol–water partition coefficient (Wildman–Crippen LogP) is 2.65. The molecule has 3 rings (SSSR count). The molecule has 1 N–H and O–H groups in total. The van der Waals surface area contributed by atoms with Gasteiger partial charge in [-0.3, -0.25) is 4.79 Å². The van der Waals surface area contributed by atoms with Gasteiger partial charge in [0.15, 0.2) is 5.78 Å². The minimum atomic E-state index is 0.0686. The van der Waals surface area contributed by atoms with Crippen molar-refractivity contribution in [3.05, 3.63) is 40.1 Å². The van der Waals surface area contributed by atoms with Crippen LogP contribution in [0.3, 0.4) is 0 Å². The molecule has 1 heterocycles. The van der Waals surface area contributed by atoms with Crippen molar-refractivity contribution < 1.29 is 13.9 Å². The average molecular weight is 276 g/mol. The van der Waals surface area contributed by atoms with Crippen LogP contribution in [-0.2, 0) is 6.42 Å². The summed E-state index contributed by atoms with van der Waals surface area (Å²) in [5, 5.41) is 6.57. The third-order valence-corrected chi connectivity index (χ3v) is 3.51. The van der Waals surface area contributed by atoms with Crippen LogP contribution < -0.4 is 4.74 Å². The minimum Gasteiger partial charge on any atom is -0.497 e. The van der Waals surface area contributed by atoms with E-state index in [4.69, 9.17) is 21.4 Å². The van der Waals surface area contributed by atoms with E-state index in [-0.39, 0.29) is 16.5 Å². The van der Waals surface area contributed by atoms with Crippen LogP contribution >= 0.6 is 12.2 Å². The highest BCUT2D eigenvalue weighted by Crippen LogP contribution is 2.37. The molecule has 0 spiro atoms. The number of hydrogen-bond acceptors (Lipinski definition) is 5. The Balaban J connectivity index is 1.94. The zero-order valence-electron chi connectivity index (χ0n) is 10.3. The first kappa shape index (κ1) is 12.1. The maximum absolute atomic E-state index is 12.0. The van der Waals surface area contributed by atoms with Crippen LogP contribution in [-0.4, -0.2) is 23.1 Å². The second-order valence-electron chi connectivity index (χ2n) is 4.49. The molecule has 19 heavy (non-hydrogen) atoms. The molecule has 1 atom stereocenters. The summed E-state index contributed by atoms with van der Waals surface area (Å²) in [5.74, 6) is 1.50. The zero-order chi connectivity index (χ0) is 13.4. The number of ketones is 1. The number of benzene rings is 1. The number of methoxy groups -OCH3 is 1. The number of Topliss-reactive ketones (excluding diaryl/α,β-unsaturated/α-hetero) is 1.